The first kappa shape index (κ1) is 12.8. The van der Waals surface area contributed by atoms with Crippen LogP contribution in [0.1, 0.15) is 30.2 Å². The number of amides is 1. The Morgan fingerprint density at radius 1 is 1.62 bits per heavy atom. The normalized spacial score (nSPS) is 9.38. The molecule has 4 heteroatoms. The molecule has 0 fully saturated rings. The van der Waals surface area contributed by atoms with E-state index in [2.05, 4.69) is 17.2 Å². The molecule has 86 valence electrons. The zero-order chi connectivity index (χ0) is 11.8. The molecule has 1 heterocycles. The van der Waals surface area contributed by atoms with Crippen LogP contribution in [-0.2, 0) is 11.3 Å². The van der Waals surface area contributed by atoms with Crippen molar-refractivity contribution in [3.8, 4) is 11.8 Å². The smallest absolute Gasteiger partial charge is 0.220 e. The molecule has 3 nitrogen and oxygen atoms in total. The minimum absolute atomic E-state index is 0.0666. The van der Waals surface area contributed by atoms with Crippen LogP contribution in [0.4, 0.5) is 0 Å². The maximum Gasteiger partial charge on any atom is 0.220 e. The average molecular weight is 237 g/mol. The zero-order valence-corrected chi connectivity index (χ0v) is 10.1. The third-order valence-corrected chi connectivity index (χ3v) is 2.89. The lowest BCUT2D eigenvalue weighted by atomic mass is 10.2. The van der Waals surface area contributed by atoms with Gasteiger partial charge >= 0.3 is 0 Å². The number of carbonyl (C=O) groups is 1. The predicted molar refractivity (Wildman–Crippen MR) is 65.0 cm³/mol. The Labute approximate surface area is 99.5 Å². The van der Waals surface area contributed by atoms with Gasteiger partial charge in [0.25, 0.3) is 0 Å². The third kappa shape index (κ3) is 4.05. The van der Waals surface area contributed by atoms with Crippen LogP contribution >= 0.6 is 11.3 Å². The van der Waals surface area contributed by atoms with Gasteiger partial charge in [-0.3, -0.25) is 4.79 Å². The van der Waals surface area contributed by atoms with Crippen molar-refractivity contribution < 1.29 is 9.90 Å². The van der Waals surface area contributed by atoms with Gasteiger partial charge in [0.15, 0.2) is 0 Å². The largest absolute Gasteiger partial charge is 0.384 e. The van der Waals surface area contributed by atoms with E-state index in [1.807, 2.05) is 18.4 Å². The fourth-order valence-electron chi connectivity index (χ4n) is 1.22. The number of rotatable bonds is 4. The maximum absolute atomic E-state index is 11.3. The van der Waals surface area contributed by atoms with Crippen molar-refractivity contribution in [2.75, 3.05) is 6.61 Å². The topological polar surface area (TPSA) is 49.3 Å². The molecule has 0 radical (unpaired) electrons. The van der Waals surface area contributed by atoms with Gasteiger partial charge in [0.05, 0.1) is 6.54 Å². The van der Waals surface area contributed by atoms with Crippen LogP contribution in [0.25, 0.3) is 0 Å². The monoisotopic (exact) mass is 237 g/mol. The summed E-state index contributed by atoms with van der Waals surface area (Å²) >= 11 is 1.56. The molecule has 0 aliphatic carbocycles. The summed E-state index contributed by atoms with van der Waals surface area (Å²) in [6, 6.07) is 1.90. The summed E-state index contributed by atoms with van der Waals surface area (Å²) in [5.74, 6) is 5.53. The first-order chi connectivity index (χ1) is 7.77. The molecular formula is C12H15NO2S. The molecule has 2 N–H and O–H groups in total. The number of hydrogen-bond acceptors (Lipinski definition) is 3. The van der Waals surface area contributed by atoms with Gasteiger partial charge in [-0.1, -0.05) is 18.8 Å². The summed E-state index contributed by atoms with van der Waals surface area (Å²) < 4.78 is 0. The fourth-order valence-corrected chi connectivity index (χ4v) is 1.99. The van der Waals surface area contributed by atoms with E-state index < -0.39 is 0 Å². The van der Waals surface area contributed by atoms with Gasteiger partial charge in [0.2, 0.25) is 5.91 Å². The van der Waals surface area contributed by atoms with Crippen molar-refractivity contribution in [2.45, 2.75) is 26.3 Å². The molecule has 0 aliphatic rings. The summed E-state index contributed by atoms with van der Waals surface area (Å²) in [5.41, 5.74) is 0.885. The SMILES string of the molecule is CCCC(=O)NCc1sccc1C#CCO. The van der Waals surface area contributed by atoms with Gasteiger partial charge in [-0.2, -0.15) is 0 Å². The lowest BCUT2D eigenvalue weighted by Gasteiger charge is -2.02. The van der Waals surface area contributed by atoms with E-state index in [4.69, 9.17) is 5.11 Å². The lowest BCUT2D eigenvalue weighted by Crippen LogP contribution is -2.21. The Bertz CT molecular complexity index is 401. The molecular weight excluding hydrogens is 222 g/mol. The zero-order valence-electron chi connectivity index (χ0n) is 9.25. The summed E-state index contributed by atoms with van der Waals surface area (Å²) in [5, 5.41) is 13.4. The van der Waals surface area contributed by atoms with Crippen LogP contribution in [0.3, 0.4) is 0 Å². The van der Waals surface area contributed by atoms with E-state index in [1.54, 1.807) is 11.3 Å². The molecule has 1 rings (SSSR count). The highest BCUT2D eigenvalue weighted by Gasteiger charge is 2.04. The molecule has 16 heavy (non-hydrogen) atoms. The Morgan fingerprint density at radius 3 is 3.12 bits per heavy atom. The van der Waals surface area contributed by atoms with Gasteiger partial charge in [-0.05, 0) is 17.9 Å². The average Bonchev–Trinajstić information content (AvgIpc) is 2.71. The molecule has 0 spiro atoms. The molecule has 0 saturated heterocycles. The van der Waals surface area contributed by atoms with Crippen LogP contribution in [0.2, 0.25) is 0 Å². The first-order valence-corrected chi connectivity index (χ1v) is 6.08. The summed E-state index contributed by atoms with van der Waals surface area (Å²) in [4.78, 5) is 12.3. The molecule has 0 unspecified atom stereocenters. The van der Waals surface area contributed by atoms with Gasteiger partial charge in [0.1, 0.15) is 6.61 Å². The first-order valence-electron chi connectivity index (χ1n) is 5.20. The summed E-state index contributed by atoms with van der Waals surface area (Å²) in [6.45, 7) is 2.35. The van der Waals surface area contributed by atoms with Crippen molar-refractivity contribution in [1.29, 1.82) is 0 Å². The highest BCUT2D eigenvalue weighted by atomic mass is 32.1. The summed E-state index contributed by atoms with van der Waals surface area (Å²) in [6.07, 6.45) is 1.41. The van der Waals surface area contributed by atoms with E-state index in [0.29, 0.717) is 13.0 Å². The minimum atomic E-state index is -0.141. The second kappa shape index (κ2) is 7.04. The van der Waals surface area contributed by atoms with Crippen molar-refractivity contribution in [3.05, 3.63) is 21.9 Å². The van der Waals surface area contributed by atoms with Crippen molar-refractivity contribution in [3.63, 3.8) is 0 Å². The molecule has 0 aliphatic heterocycles. The van der Waals surface area contributed by atoms with E-state index in [1.165, 1.54) is 0 Å². The second-order valence-corrected chi connectivity index (χ2v) is 4.24. The quantitative estimate of drug-likeness (QED) is 0.780. The molecule has 1 amide bonds. The standard InChI is InChI=1S/C12H15NO2S/c1-2-4-12(15)13-9-11-10(5-3-7-14)6-8-16-11/h6,8,14H,2,4,7,9H2,1H3,(H,13,15). The van der Waals surface area contributed by atoms with E-state index >= 15 is 0 Å². The van der Waals surface area contributed by atoms with Gasteiger partial charge in [-0.15, -0.1) is 11.3 Å². The Morgan fingerprint density at radius 2 is 2.44 bits per heavy atom. The van der Waals surface area contributed by atoms with Gasteiger partial charge in [0, 0.05) is 16.9 Å². The number of carbonyl (C=O) groups excluding carboxylic acids is 1. The summed E-state index contributed by atoms with van der Waals surface area (Å²) in [7, 11) is 0. The number of aliphatic hydroxyl groups is 1. The Balaban J connectivity index is 2.54. The Kier molecular flexibility index (Phi) is 5.62. The van der Waals surface area contributed by atoms with Crippen LogP contribution in [0, 0.1) is 11.8 Å². The van der Waals surface area contributed by atoms with Gasteiger partial charge in [-0.25, -0.2) is 0 Å². The molecule has 0 saturated carbocycles. The van der Waals surface area contributed by atoms with E-state index in [9.17, 15) is 4.79 Å². The predicted octanol–water partition coefficient (Wildman–Crippen LogP) is 1.51. The number of aliphatic hydroxyl groups excluding tert-OH is 1. The Hall–Kier alpha value is -1.31. The highest BCUT2D eigenvalue weighted by molar-refractivity contribution is 7.10. The van der Waals surface area contributed by atoms with Crippen LogP contribution in [0.5, 0.6) is 0 Å². The van der Waals surface area contributed by atoms with Crippen LogP contribution in [0.15, 0.2) is 11.4 Å². The van der Waals surface area contributed by atoms with Crippen molar-refractivity contribution in [1.82, 2.24) is 5.32 Å². The number of hydrogen-bond donors (Lipinski definition) is 2. The number of thiophene rings is 1. The second-order valence-electron chi connectivity index (χ2n) is 3.24. The maximum atomic E-state index is 11.3. The van der Waals surface area contributed by atoms with Crippen LogP contribution < -0.4 is 5.32 Å². The molecule has 0 bridgehead atoms. The van der Waals surface area contributed by atoms with Gasteiger partial charge < -0.3 is 10.4 Å². The van der Waals surface area contributed by atoms with Crippen molar-refractivity contribution >= 4 is 17.2 Å². The van der Waals surface area contributed by atoms with E-state index in [0.717, 1.165) is 16.9 Å². The number of nitrogens with one attached hydrogen (secondary N) is 1. The third-order valence-electron chi connectivity index (χ3n) is 1.97. The van der Waals surface area contributed by atoms with Crippen molar-refractivity contribution in [2.24, 2.45) is 0 Å². The molecule has 1 aromatic heterocycles. The minimum Gasteiger partial charge on any atom is -0.384 e. The lowest BCUT2D eigenvalue weighted by molar-refractivity contribution is -0.121. The fraction of sp³-hybridized carbons (Fsp3) is 0.417. The molecule has 1 aromatic rings. The van der Waals surface area contributed by atoms with E-state index in [-0.39, 0.29) is 12.5 Å². The highest BCUT2D eigenvalue weighted by Crippen LogP contribution is 2.15. The molecule has 0 atom stereocenters. The van der Waals surface area contributed by atoms with Crippen LogP contribution in [-0.4, -0.2) is 17.6 Å². The molecule has 0 aromatic carbocycles.